The molecule has 2 aromatic rings. The largest absolute Gasteiger partial charge is 0.493 e. The Hall–Kier alpha value is -2.58. The van der Waals surface area contributed by atoms with E-state index in [-0.39, 0.29) is 23.9 Å². The second kappa shape index (κ2) is 10.8. The van der Waals surface area contributed by atoms with Crippen LogP contribution in [0.15, 0.2) is 53.4 Å². The van der Waals surface area contributed by atoms with Gasteiger partial charge in [0.2, 0.25) is 15.9 Å². The van der Waals surface area contributed by atoms with Crippen LogP contribution in [0.5, 0.6) is 11.5 Å². The summed E-state index contributed by atoms with van der Waals surface area (Å²) in [5.74, 6) is 0.400. The van der Waals surface area contributed by atoms with Crippen LogP contribution in [0.1, 0.15) is 25.3 Å². The second-order valence-corrected chi connectivity index (χ2v) is 8.42. The van der Waals surface area contributed by atoms with Gasteiger partial charge in [-0.2, -0.15) is 4.31 Å². The quantitative estimate of drug-likeness (QED) is 0.565. The molecule has 29 heavy (non-hydrogen) atoms. The van der Waals surface area contributed by atoms with E-state index in [9.17, 15) is 13.2 Å². The number of nitrogens with zero attached hydrogens (tertiary/aromatic N) is 1. The molecule has 7 nitrogen and oxygen atoms in total. The Morgan fingerprint density at radius 3 is 2.34 bits per heavy atom. The molecular weight excluding hydrogens is 392 g/mol. The Kier molecular flexibility index (Phi) is 8.48. The molecule has 0 aliphatic heterocycles. The number of ether oxygens (including phenoxy) is 2. The Morgan fingerprint density at radius 2 is 1.72 bits per heavy atom. The Morgan fingerprint density at radius 1 is 1.03 bits per heavy atom. The van der Waals surface area contributed by atoms with Crippen LogP contribution in [0.2, 0.25) is 0 Å². The average molecular weight is 421 g/mol. The lowest BCUT2D eigenvalue weighted by molar-refractivity contribution is -0.121. The van der Waals surface area contributed by atoms with Crippen LogP contribution in [-0.2, 0) is 21.4 Å². The summed E-state index contributed by atoms with van der Waals surface area (Å²) in [7, 11) is -1.02. The van der Waals surface area contributed by atoms with Crippen LogP contribution in [0.25, 0.3) is 0 Å². The van der Waals surface area contributed by atoms with Gasteiger partial charge >= 0.3 is 0 Å². The summed E-state index contributed by atoms with van der Waals surface area (Å²) >= 11 is 0. The Bertz CT molecular complexity index is 901. The van der Waals surface area contributed by atoms with Crippen LogP contribution in [0.3, 0.4) is 0 Å². The lowest BCUT2D eigenvalue weighted by Crippen LogP contribution is -2.40. The number of rotatable bonds is 11. The zero-order valence-electron chi connectivity index (χ0n) is 17.1. The van der Waals surface area contributed by atoms with Gasteiger partial charge in [0.05, 0.1) is 25.7 Å². The normalized spacial score (nSPS) is 11.3. The molecule has 0 aromatic heterocycles. The van der Waals surface area contributed by atoms with Crippen molar-refractivity contribution in [3.05, 3.63) is 54.1 Å². The van der Waals surface area contributed by atoms with E-state index in [2.05, 4.69) is 5.32 Å². The molecule has 1 amide bonds. The van der Waals surface area contributed by atoms with Gasteiger partial charge in [-0.3, -0.25) is 4.79 Å². The number of hydrogen-bond donors (Lipinski definition) is 1. The molecule has 2 rings (SSSR count). The molecule has 0 unspecified atom stereocenters. The number of unbranched alkanes of at least 4 members (excludes halogenated alkanes) is 1. The smallest absolute Gasteiger partial charge is 0.243 e. The van der Waals surface area contributed by atoms with Crippen molar-refractivity contribution in [1.29, 1.82) is 0 Å². The third kappa shape index (κ3) is 6.20. The molecule has 0 saturated heterocycles. The summed E-state index contributed by atoms with van der Waals surface area (Å²) < 4.78 is 38.2. The van der Waals surface area contributed by atoms with Crippen molar-refractivity contribution in [3.8, 4) is 11.5 Å². The molecule has 0 radical (unpaired) electrons. The molecule has 0 aliphatic carbocycles. The van der Waals surface area contributed by atoms with Gasteiger partial charge in [-0.05, 0) is 24.1 Å². The zero-order valence-corrected chi connectivity index (χ0v) is 17.9. The van der Waals surface area contributed by atoms with Gasteiger partial charge < -0.3 is 14.8 Å². The summed E-state index contributed by atoms with van der Waals surface area (Å²) in [6.45, 7) is 2.36. The van der Waals surface area contributed by atoms with E-state index in [1.807, 2.05) is 37.3 Å². The number of carbonyl (C=O) groups excluding carboxylic acids is 1. The van der Waals surface area contributed by atoms with E-state index < -0.39 is 10.0 Å². The van der Waals surface area contributed by atoms with Gasteiger partial charge in [-0.25, -0.2) is 8.42 Å². The van der Waals surface area contributed by atoms with E-state index in [0.717, 1.165) is 18.4 Å². The van der Waals surface area contributed by atoms with Crippen molar-refractivity contribution < 1.29 is 22.7 Å². The minimum atomic E-state index is -3.95. The van der Waals surface area contributed by atoms with E-state index >= 15 is 0 Å². The number of hydrogen-bond acceptors (Lipinski definition) is 5. The molecule has 0 heterocycles. The highest BCUT2D eigenvalue weighted by Gasteiger charge is 2.28. The van der Waals surface area contributed by atoms with Crippen molar-refractivity contribution in [2.24, 2.45) is 0 Å². The maximum atomic E-state index is 13.3. The first-order valence-corrected chi connectivity index (χ1v) is 10.9. The van der Waals surface area contributed by atoms with Crippen molar-refractivity contribution in [1.82, 2.24) is 9.62 Å². The lowest BCUT2D eigenvalue weighted by atomic mass is 10.2. The predicted molar refractivity (Wildman–Crippen MR) is 112 cm³/mol. The molecule has 0 saturated carbocycles. The molecular formula is C21H28N2O5S. The molecule has 0 atom stereocenters. The lowest BCUT2D eigenvalue weighted by Gasteiger charge is -2.22. The summed E-state index contributed by atoms with van der Waals surface area (Å²) in [5, 5.41) is 2.77. The monoisotopic (exact) mass is 420 g/mol. The highest BCUT2D eigenvalue weighted by Crippen LogP contribution is 2.31. The molecule has 0 spiro atoms. The number of nitrogens with one attached hydrogen (secondary N) is 1. The van der Waals surface area contributed by atoms with E-state index in [4.69, 9.17) is 9.47 Å². The predicted octanol–water partition coefficient (Wildman–Crippen LogP) is 2.81. The first-order chi connectivity index (χ1) is 13.9. The highest BCUT2D eigenvalue weighted by molar-refractivity contribution is 7.89. The highest BCUT2D eigenvalue weighted by atomic mass is 32.2. The molecule has 1 N–H and O–H groups in total. The number of sulfonamides is 1. The second-order valence-electron chi connectivity index (χ2n) is 6.48. The summed E-state index contributed by atoms with van der Waals surface area (Å²) in [6, 6.07) is 13.6. The van der Waals surface area contributed by atoms with Crippen molar-refractivity contribution >= 4 is 15.9 Å². The SMILES string of the molecule is CCCCNC(=O)CN(Cc1ccccc1)S(=O)(=O)c1ccc(OC)c(OC)c1. The van der Waals surface area contributed by atoms with Gasteiger partial charge in [0.15, 0.2) is 11.5 Å². The third-order valence-electron chi connectivity index (χ3n) is 4.37. The summed E-state index contributed by atoms with van der Waals surface area (Å²) in [4.78, 5) is 12.4. The number of amides is 1. The Balaban J connectivity index is 2.33. The summed E-state index contributed by atoms with van der Waals surface area (Å²) in [6.07, 6.45) is 1.78. The molecule has 2 aromatic carbocycles. The van der Waals surface area contributed by atoms with Gasteiger partial charge in [-0.1, -0.05) is 43.7 Å². The fourth-order valence-corrected chi connectivity index (χ4v) is 4.16. The standard InChI is InChI=1S/C21H28N2O5S/c1-4-5-13-22-21(24)16-23(15-17-9-7-6-8-10-17)29(25,26)18-11-12-19(27-2)20(14-18)28-3/h6-12,14H,4-5,13,15-16H2,1-3H3,(H,22,24). The average Bonchev–Trinajstić information content (AvgIpc) is 2.73. The van der Waals surface area contributed by atoms with E-state index in [1.54, 1.807) is 0 Å². The maximum absolute atomic E-state index is 13.3. The van der Waals surface area contributed by atoms with Crippen molar-refractivity contribution in [3.63, 3.8) is 0 Å². The summed E-state index contributed by atoms with van der Waals surface area (Å²) in [5.41, 5.74) is 0.790. The first kappa shape index (κ1) is 22.7. The van der Waals surface area contributed by atoms with Crippen molar-refractivity contribution in [2.45, 2.75) is 31.2 Å². The van der Waals surface area contributed by atoms with E-state index in [0.29, 0.717) is 18.0 Å². The van der Waals surface area contributed by atoms with Gasteiger partial charge in [-0.15, -0.1) is 0 Å². The molecule has 0 bridgehead atoms. The molecule has 8 heteroatoms. The van der Waals surface area contributed by atoms with Crippen LogP contribution >= 0.6 is 0 Å². The topological polar surface area (TPSA) is 84.9 Å². The van der Waals surface area contributed by atoms with Crippen LogP contribution < -0.4 is 14.8 Å². The van der Waals surface area contributed by atoms with Gasteiger partial charge in [0, 0.05) is 19.2 Å². The third-order valence-corrected chi connectivity index (χ3v) is 6.15. The number of benzene rings is 2. The first-order valence-electron chi connectivity index (χ1n) is 9.45. The number of carbonyl (C=O) groups is 1. The van der Waals surface area contributed by atoms with Crippen molar-refractivity contribution in [2.75, 3.05) is 27.3 Å². The molecule has 0 aliphatic rings. The molecule has 0 fully saturated rings. The van der Waals surface area contributed by atoms with Crippen LogP contribution in [-0.4, -0.2) is 45.9 Å². The maximum Gasteiger partial charge on any atom is 0.243 e. The Labute approximate surface area is 172 Å². The minimum Gasteiger partial charge on any atom is -0.493 e. The van der Waals surface area contributed by atoms with Crippen LogP contribution in [0, 0.1) is 0 Å². The van der Waals surface area contributed by atoms with Gasteiger partial charge in [0.1, 0.15) is 0 Å². The zero-order chi connectivity index (χ0) is 21.3. The fraction of sp³-hybridized carbons (Fsp3) is 0.381. The van der Waals surface area contributed by atoms with Gasteiger partial charge in [0.25, 0.3) is 0 Å². The van der Waals surface area contributed by atoms with E-state index in [1.165, 1.54) is 36.7 Å². The van der Waals surface area contributed by atoms with Crippen LogP contribution in [0.4, 0.5) is 0 Å². The minimum absolute atomic E-state index is 0.0347. The molecule has 158 valence electrons. The number of methoxy groups -OCH3 is 2. The fourth-order valence-electron chi connectivity index (χ4n) is 2.76.